The van der Waals surface area contributed by atoms with Crippen molar-refractivity contribution in [3.63, 3.8) is 0 Å². The van der Waals surface area contributed by atoms with E-state index in [4.69, 9.17) is 11.6 Å². The lowest BCUT2D eigenvalue weighted by atomic mass is 10.2. The van der Waals surface area contributed by atoms with Gasteiger partial charge in [0, 0.05) is 53.7 Å². The van der Waals surface area contributed by atoms with Gasteiger partial charge in [-0.3, -0.25) is 9.00 Å². The van der Waals surface area contributed by atoms with E-state index >= 15 is 0 Å². The number of nitrogens with zero attached hydrogens (tertiary/aromatic N) is 2. The van der Waals surface area contributed by atoms with Crippen LogP contribution in [0.1, 0.15) is 13.3 Å². The monoisotopic (exact) mass is 398 g/mol. The molecule has 3 amide bonds. The summed E-state index contributed by atoms with van der Waals surface area (Å²) in [6.45, 7) is 4.00. The Labute approximate surface area is 160 Å². The van der Waals surface area contributed by atoms with Crippen LogP contribution in [0.2, 0.25) is 5.02 Å². The van der Waals surface area contributed by atoms with Gasteiger partial charge in [-0.2, -0.15) is 0 Å². The third-order valence-electron chi connectivity index (χ3n) is 4.69. The van der Waals surface area contributed by atoms with Crippen molar-refractivity contribution >= 4 is 45.7 Å². The lowest BCUT2D eigenvalue weighted by Gasteiger charge is -2.30. The molecule has 7 nitrogen and oxygen atoms in total. The van der Waals surface area contributed by atoms with Crippen LogP contribution in [-0.2, 0) is 15.6 Å². The number of benzene rings is 1. The van der Waals surface area contributed by atoms with Gasteiger partial charge in [0.2, 0.25) is 5.91 Å². The average Bonchev–Trinajstić information content (AvgIpc) is 2.76. The zero-order valence-corrected chi connectivity index (χ0v) is 16.2. The van der Waals surface area contributed by atoms with Gasteiger partial charge in [0.1, 0.15) is 0 Å². The second-order valence-electron chi connectivity index (χ2n) is 6.55. The predicted octanol–water partition coefficient (Wildman–Crippen LogP) is 1.65. The van der Waals surface area contributed by atoms with E-state index in [1.807, 2.05) is 17.9 Å². The number of hydrogen-bond donors (Lipinski definition) is 2. The molecule has 2 N–H and O–H groups in total. The number of carbonyl (C=O) groups is 2. The van der Waals surface area contributed by atoms with Crippen molar-refractivity contribution in [2.75, 3.05) is 47.9 Å². The number of halogens is 1. The first-order chi connectivity index (χ1) is 12.4. The molecule has 26 heavy (non-hydrogen) atoms. The van der Waals surface area contributed by atoms with E-state index in [0.717, 1.165) is 12.1 Å². The van der Waals surface area contributed by atoms with Gasteiger partial charge in [0.15, 0.2) is 0 Å². The number of carbonyl (C=O) groups excluding carboxylic acids is 2. The molecule has 2 atom stereocenters. The molecule has 1 aromatic rings. The van der Waals surface area contributed by atoms with Crippen LogP contribution in [0.5, 0.6) is 0 Å². The highest BCUT2D eigenvalue weighted by Crippen LogP contribution is 2.29. The van der Waals surface area contributed by atoms with Crippen molar-refractivity contribution in [1.29, 1.82) is 0 Å². The van der Waals surface area contributed by atoms with Gasteiger partial charge in [-0.1, -0.05) is 11.6 Å². The van der Waals surface area contributed by atoms with E-state index in [0.29, 0.717) is 41.8 Å². The van der Waals surface area contributed by atoms with E-state index in [1.165, 1.54) is 0 Å². The topological polar surface area (TPSA) is 81.8 Å². The number of urea groups is 1. The van der Waals surface area contributed by atoms with Crippen molar-refractivity contribution in [1.82, 2.24) is 10.2 Å². The van der Waals surface area contributed by atoms with Crippen LogP contribution in [0.4, 0.5) is 16.2 Å². The molecule has 0 bridgehead atoms. The first-order valence-corrected chi connectivity index (χ1v) is 10.5. The van der Waals surface area contributed by atoms with E-state index in [-0.39, 0.29) is 24.5 Å². The number of rotatable bonds is 2. The predicted molar refractivity (Wildman–Crippen MR) is 104 cm³/mol. The average molecular weight is 399 g/mol. The third kappa shape index (κ3) is 4.48. The second kappa shape index (κ2) is 8.26. The SMILES string of the molecule is C[C@H]1CC[S@](=O)CCN1C(=O)Nc1ccc(N2CCNC(=O)C2)c(Cl)c1. The minimum Gasteiger partial charge on any atom is -0.359 e. The van der Waals surface area contributed by atoms with Crippen LogP contribution in [0, 0.1) is 0 Å². The van der Waals surface area contributed by atoms with E-state index in [1.54, 1.807) is 17.0 Å². The molecule has 0 unspecified atom stereocenters. The summed E-state index contributed by atoms with van der Waals surface area (Å²) in [5, 5.41) is 6.14. The molecule has 0 spiro atoms. The Kier molecular flexibility index (Phi) is 6.03. The Morgan fingerprint density at radius 2 is 2.15 bits per heavy atom. The Hall–Kier alpha value is -1.80. The molecule has 0 aliphatic carbocycles. The van der Waals surface area contributed by atoms with Crippen molar-refractivity contribution in [2.24, 2.45) is 0 Å². The summed E-state index contributed by atoms with van der Waals surface area (Å²) in [6, 6.07) is 5.13. The summed E-state index contributed by atoms with van der Waals surface area (Å²) < 4.78 is 11.7. The van der Waals surface area contributed by atoms with Gasteiger partial charge in [0.05, 0.1) is 17.3 Å². The van der Waals surface area contributed by atoms with Crippen molar-refractivity contribution in [3.8, 4) is 0 Å². The van der Waals surface area contributed by atoms with Crippen LogP contribution < -0.4 is 15.5 Å². The Balaban J connectivity index is 1.68. The van der Waals surface area contributed by atoms with Crippen molar-refractivity contribution < 1.29 is 13.8 Å². The van der Waals surface area contributed by atoms with E-state index < -0.39 is 10.8 Å². The number of anilines is 2. The largest absolute Gasteiger partial charge is 0.359 e. The Morgan fingerprint density at radius 1 is 1.35 bits per heavy atom. The molecule has 9 heteroatoms. The summed E-state index contributed by atoms with van der Waals surface area (Å²) in [4.78, 5) is 27.8. The van der Waals surface area contributed by atoms with Crippen LogP contribution in [0.15, 0.2) is 18.2 Å². The first kappa shape index (κ1) is 19.0. The molecule has 1 aromatic carbocycles. The molecule has 2 fully saturated rings. The Bertz CT molecular complexity index is 730. The smallest absolute Gasteiger partial charge is 0.322 e. The number of hydrogen-bond acceptors (Lipinski definition) is 4. The molecular formula is C17H23ClN4O3S. The molecule has 2 saturated heterocycles. The summed E-state index contributed by atoms with van der Waals surface area (Å²) in [5.74, 6) is 1.11. The van der Waals surface area contributed by atoms with Gasteiger partial charge in [-0.15, -0.1) is 0 Å². The molecule has 3 rings (SSSR count). The fourth-order valence-corrected chi connectivity index (χ4v) is 4.67. The van der Waals surface area contributed by atoms with Crippen molar-refractivity contribution in [3.05, 3.63) is 23.2 Å². The van der Waals surface area contributed by atoms with Crippen LogP contribution >= 0.6 is 11.6 Å². The molecule has 0 saturated carbocycles. The molecule has 2 aliphatic rings. The third-order valence-corrected chi connectivity index (χ3v) is 6.33. The highest BCUT2D eigenvalue weighted by atomic mass is 35.5. The first-order valence-electron chi connectivity index (χ1n) is 8.68. The zero-order chi connectivity index (χ0) is 18.7. The lowest BCUT2D eigenvalue weighted by molar-refractivity contribution is -0.120. The summed E-state index contributed by atoms with van der Waals surface area (Å²) in [6.07, 6.45) is 0.733. The molecule has 0 radical (unpaired) electrons. The molecule has 2 aliphatic heterocycles. The number of nitrogens with one attached hydrogen (secondary N) is 2. The summed E-state index contributed by atoms with van der Waals surface area (Å²) in [7, 11) is -0.856. The maximum atomic E-state index is 12.6. The fraction of sp³-hybridized carbons (Fsp3) is 0.529. The molecule has 142 valence electrons. The van der Waals surface area contributed by atoms with Crippen LogP contribution in [0.25, 0.3) is 0 Å². The highest BCUT2D eigenvalue weighted by molar-refractivity contribution is 7.85. The minimum absolute atomic E-state index is 0.0303. The minimum atomic E-state index is -0.856. The molecule has 0 aromatic heterocycles. The van der Waals surface area contributed by atoms with Gasteiger partial charge in [-0.25, -0.2) is 4.79 Å². The van der Waals surface area contributed by atoms with Crippen molar-refractivity contribution in [2.45, 2.75) is 19.4 Å². The van der Waals surface area contributed by atoms with Crippen LogP contribution in [0.3, 0.4) is 0 Å². The second-order valence-corrected chi connectivity index (χ2v) is 8.65. The Morgan fingerprint density at radius 3 is 2.88 bits per heavy atom. The standard InChI is InChI=1S/C17H23ClN4O3S/c1-12-4-8-26(25)9-7-22(12)17(24)20-13-2-3-15(14(18)10-13)21-6-5-19-16(23)11-21/h2-3,10,12H,4-9,11H2,1H3,(H,19,23)(H,20,24)/t12-,26-/m0/s1. The summed E-state index contributed by atoms with van der Waals surface area (Å²) >= 11 is 6.38. The maximum Gasteiger partial charge on any atom is 0.322 e. The number of piperazine rings is 1. The molecular weight excluding hydrogens is 376 g/mol. The van der Waals surface area contributed by atoms with Gasteiger partial charge < -0.3 is 20.4 Å². The van der Waals surface area contributed by atoms with E-state index in [9.17, 15) is 13.8 Å². The fourth-order valence-electron chi connectivity index (χ4n) is 3.16. The van der Waals surface area contributed by atoms with Gasteiger partial charge in [0.25, 0.3) is 0 Å². The van der Waals surface area contributed by atoms with Gasteiger partial charge in [-0.05, 0) is 31.5 Å². The van der Waals surface area contributed by atoms with Gasteiger partial charge >= 0.3 is 6.03 Å². The molecule has 2 heterocycles. The van der Waals surface area contributed by atoms with E-state index in [2.05, 4.69) is 10.6 Å². The number of amides is 3. The highest BCUT2D eigenvalue weighted by Gasteiger charge is 2.25. The quantitative estimate of drug-likeness (QED) is 0.793. The summed E-state index contributed by atoms with van der Waals surface area (Å²) in [5.41, 5.74) is 1.38. The lowest BCUT2D eigenvalue weighted by Crippen LogP contribution is -2.47. The maximum absolute atomic E-state index is 12.6. The zero-order valence-electron chi connectivity index (χ0n) is 14.7. The normalized spacial score (nSPS) is 24.0. The van der Waals surface area contributed by atoms with Crippen LogP contribution in [-0.4, -0.2) is 64.8 Å².